The van der Waals surface area contributed by atoms with Crippen LogP contribution in [0.5, 0.6) is 0 Å². The summed E-state index contributed by atoms with van der Waals surface area (Å²) in [5, 5.41) is 11.2. The van der Waals surface area contributed by atoms with Crippen molar-refractivity contribution in [3.63, 3.8) is 0 Å². The SMILES string of the molecule is Cc1cc(CC(=O)Nc2c(C)c(-c3ccccc3)nn2C)on1. The molecule has 0 aliphatic rings. The summed E-state index contributed by atoms with van der Waals surface area (Å²) in [5.41, 5.74) is 3.57. The number of nitrogens with one attached hydrogen (secondary N) is 1. The number of carbonyl (C=O) groups is 1. The molecule has 0 fully saturated rings. The number of benzene rings is 1. The molecule has 23 heavy (non-hydrogen) atoms. The van der Waals surface area contributed by atoms with Crippen LogP contribution < -0.4 is 5.32 Å². The molecule has 3 aromatic rings. The van der Waals surface area contributed by atoms with Gasteiger partial charge in [0.1, 0.15) is 11.6 Å². The Bertz CT molecular complexity index is 834. The number of carbonyl (C=O) groups excluding carboxylic acids is 1. The van der Waals surface area contributed by atoms with Crippen molar-refractivity contribution in [3.8, 4) is 11.3 Å². The van der Waals surface area contributed by atoms with Crippen LogP contribution in [0, 0.1) is 13.8 Å². The first-order valence-electron chi connectivity index (χ1n) is 7.35. The van der Waals surface area contributed by atoms with Gasteiger partial charge in [-0.05, 0) is 13.8 Å². The van der Waals surface area contributed by atoms with E-state index < -0.39 is 0 Å². The number of aromatic nitrogens is 3. The molecule has 0 radical (unpaired) electrons. The normalized spacial score (nSPS) is 10.7. The van der Waals surface area contributed by atoms with Gasteiger partial charge in [-0.15, -0.1) is 0 Å². The number of hydrogen-bond acceptors (Lipinski definition) is 4. The summed E-state index contributed by atoms with van der Waals surface area (Å²) < 4.78 is 6.76. The first-order valence-corrected chi connectivity index (χ1v) is 7.35. The molecule has 1 amide bonds. The minimum Gasteiger partial charge on any atom is -0.361 e. The Hall–Kier alpha value is -2.89. The Morgan fingerprint density at radius 2 is 2.00 bits per heavy atom. The second-order valence-corrected chi connectivity index (χ2v) is 5.47. The molecule has 1 aromatic carbocycles. The number of nitrogens with zero attached hydrogens (tertiary/aromatic N) is 3. The van der Waals surface area contributed by atoms with Gasteiger partial charge in [0, 0.05) is 24.2 Å². The van der Waals surface area contributed by atoms with Crippen molar-refractivity contribution in [1.82, 2.24) is 14.9 Å². The van der Waals surface area contributed by atoms with E-state index in [1.807, 2.05) is 51.2 Å². The monoisotopic (exact) mass is 310 g/mol. The van der Waals surface area contributed by atoms with Crippen LogP contribution in [0.25, 0.3) is 11.3 Å². The third-order valence-electron chi connectivity index (χ3n) is 3.60. The Morgan fingerprint density at radius 3 is 2.65 bits per heavy atom. The lowest BCUT2D eigenvalue weighted by Crippen LogP contribution is -2.17. The predicted octanol–water partition coefficient (Wildman–Crippen LogP) is 2.87. The van der Waals surface area contributed by atoms with Crippen LogP contribution >= 0.6 is 0 Å². The Balaban J connectivity index is 1.80. The number of hydrogen-bond donors (Lipinski definition) is 1. The van der Waals surface area contributed by atoms with E-state index in [9.17, 15) is 4.79 Å². The van der Waals surface area contributed by atoms with E-state index in [4.69, 9.17) is 4.52 Å². The summed E-state index contributed by atoms with van der Waals surface area (Å²) >= 11 is 0. The van der Waals surface area contributed by atoms with Crippen LogP contribution in [0.1, 0.15) is 17.0 Å². The van der Waals surface area contributed by atoms with Gasteiger partial charge in [0.25, 0.3) is 0 Å². The highest BCUT2D eigenvalue weighted by Crippen LogP contribution is 2.27. The number of rotatable bonds is 4. The molecule has 0 saturated heterocycles. The Morgan fingerprint density at radius 1 is 1.26 bits per heavy atom. The zero-order valence-corrected chi connectivity index (χ0v) is 13.3. The van der Waals surface area contributed by atoms with Gasteiger partial charge in [0.15, 0.2) is 0 Å². The Labute approximate surface area is 134 Å². The van der Waals surface area contributed by atoms with Crippen LogP contribution in [-0.4, -0.2) is 20.8 Å². The highest BCUT2D eigenvalue weighted by Gasteiger charge is 2.17. The average Bonchev–Trinajstić information content (AvgIpc) is 3.06. The van der Waals surface area contributed by atoms with Gasteiger partial charge in [-0.3, -0.25) is 9.48 Å². The molecule has 0 bridgehead atoms. The number of anilines is 1. The summed E-state index contributed by atoms with van der Waals surface area (Å²) in [6.45, 7) is 3.77. The average molecular weight is 310 g/mol. The van der Waals surface area contributed by atoms with Crippen LogP contribution in [-0.2, 0) is 18.3 Å². The predicted molar refractivity (Wildman–Crippen MR) is 87.0 cm³/mol. The summed E-state index contributed by atoms with van der Waals surface area (Å²) in [6.07, 6.45) is 0.145. The van der Waals surface area contributed by atoms with Crippen molar-refractivity contribution in [2.24, 2.45) is 7.05 Å². The highest BCUT2D eigenvalue weighted by molar-refractivity contribution is 5.92. The van der Waals surface area contributed by atoms with Crippen molar-refractivity contribution < 1.29 is 9.32 Å². The van der Waals surface area contributed by atoms with E-state index >= 15 is 0 Å². The number of amides is 1. The molecule has 6 nitrogen and oxygen atoms in total. The van der Waals surface area contributed by atoms with Crippen LogP contribution in [0.4, 0.5) is 5.82 Å². The van der Waals surface area contributed by atoms with Crippen LogP contribution in [0.15, 0.2) is 40.9 Å². The van der Waals surface area contributed by atoms with Crippen molar-refractivity contribution in [3.05, 3.63) is 53.4 Å². The lowest BCUT2D eigenvalue weighted by Gasteiger charge is -2.05. The first-order chi connectivity index (χ1) is 11.0. The van der Waals surface area contributed by atoms with Gasteiger partial charge in [-0.2, -0.15) is 5.10 Å². The van der Waals surface area contributed by atoms with Crippen molar-refractivity contribution in [2.45, 2.75) is 20.3 Å². The fourth-order valence-corrected chi connectivity index (χ4v) is 2.51. The van der Waals surface area contributed by atoms with E-state index in [0.717, 1.165) is 22.5 Å². The minimum absolute atomic E-state index is 0.145. The largest absolute Gasteiger partial charge is 0.361 e. The molecule has 1 N–H and O–H groups in total. The molecule has 0 spiro atoms. The van der Waals surface area contributed by atoms with E-state index in [2.05, 4.69) is 15.6 Å². The molecule has 0 unspecified atom stereocenters. The number of aryl methyl sites for hydroxylation is 2. The molecular formula is C17H18N4O2. The third-order valence-corrected chi connectivity index (χ3v) is 3.60. The van der Waals surface area contributed by atoms with Crippen LogP contribution in [0.2, 0.25) is 0 Å². The van der Waals surface area contributed by atoms with Crippen molar-refractivity contribution in [1.29, 1.82) is 0 Å². The van der Waals surface area contributed by atoms with Gasteiger partial charge in [0.2, 0.25) is 5.91 Å². The van der Waals surface area contributed by atoms with E-state index in [0.29, 0.717) is 11.6 Å². The molecule has 6 heteroatoms. The second-order valence-electron chi connectivity index (χ2n) is 5.47. The fraction of sp³-hybridized carbons (Fsp3) is 0.235. The maximum absolute atomic E-state index is 12.2. The minimum atomic E-state index is -0.160. The van der Waals surface area contributed by atoms with Gasteiger partial charge in [-0.1, -0.05) is 35.5 Å². The lowest BCUT2D eigenvalue weighted by molar-refractivity contribution is -0.115. The van der Waals surface area contributed by atoms with Gasteiger partial charge >= 0.3 is 0 Å². The standard InChI is InChI=1S/C17H18N4O2/c1-11-9-14(23-20-11)10-15(22)18-17-12(2)16(19-21(17)3)13-7-5-4-6-8-13/h4-9H,10H2,1-3H3,(H,18,22). The second kappa shape index (κ2) is 6.08. The molecule has 3 rings (SSSR count). The topological polar surface area (TPSA) is 73.0 Å². The zero-order chi connectivity index (χ0) is 16.4. The maximum Gasteiger partial charge on any atom is 0.233 e. The third kappa shape index (κ3) is 3.15. The van der Waals surface area contributed by atoms with Crippen molar-refractivity contribution in [2.75, 3.05) is 5.32 Å². The molecule has 0 aliphatic heterocycles. The maximum atomic E-state index is 12.2. The molecule has 2 heterocycles. The van der Waals surface area contributed by atoms with Crippen molar-refractivity contribution >= 4 is 11.7 Å². The quantitative estimate of drug-likeness (QED) is 0.804. The summed E-state index contributed by atoms with van der Waals surface area (Å²) in [7, 11) is 1.81. The van der Waals surface area contributed by atoms with E-state index in [1.54, 1.807) is 10.7 Å². The van der Waals surface area contributed by atoms with E-state index in [-0.39, 0.29) is 12.3 Å². The summed E-state index contributed by atoms with van der Waals surface area (Å²) in [5.74, 6) is 1.07. The first kappa shape index (κ1) is 15.0. The zero-order valence-electron chi connectivity index (χ0n) is 13.3. The molecule has 0 atom stereocenters. The van der Waals surface area contributed by atoms with E-state index in [1.165, 1.54) is 0 Å². The fourth-order valence-electron chi connectivity index (χ4n) is 2.51. The smallest absolute Gasteiger partial charge is 0.233 e. The molecule has 2 aromatic heterocycles. The van der Waals surface area contributed by atoms with Gasteiger partial charge in [-0.25, -0.2) is 0 Å². The lowest BCUT2D eigenvalue weighted by atomic mass is 10.1. The Kier molecular flexibility index (Phi) is 3.97. The summed E-state index contributed by atoms with van der Waals surface area (Å²) in [4.78, 5) is 12.2. The summed E-state index contributed by atoms with van der Waals surface area (Å²) in [6, 6.07) is 11.6. The van der Waals surface area contributed by atoms with Gasteiger partial charge < -0.3 is 9.84 Å². The van der Waals surface area contributed by atoms with Crippen LogP contribution in [0.3, 0.4) is 0 Å². The molecular weight excluding hydrogens is 292 g/mol. The van der Waals surface area contributed by atoms with Gasteiger partial charge in [0.05, 0.1) is 17.8 Å². The molecule has 0 aliphatic carbocycles. The molecule has 118 valence electrons. The molecule has 0 saturated carbocycles. The highest BCUT2D eigenvalue weighted by atomic mass is 16.5.